The Morgan fingerprint density at radius 1 is 1.45 bits per heavy atom. The Hall–Kier alpha value is -3.72. The van der Waals surface area contributed by atoms with Crippen molar-refractivity contribution >= 4 is 57.6 Å². The molecule has 2 aromatic heterocycles. The molecule has 5 N–H and O–H groups in total. The molecule has 0 radical (unpaired) electrons. The average Bonchev–Trinajstić information content (AvgIpc) is 3.21. The fourth-order valence-corrected chi connectivity index (χ4v) is 5.24. The molecule has 2 aromatic rings. The molecule has 0 spiro atoms. The average molecular weight is 491 g/mol. The first-order valence-corrected chi connectivity index (χ1v) is 11.3. The predicted molar refractivity (Wildman–Crippen MR) is 116 cm³/mol. The summed E-state index contributed by atoms with van der Waals surface area (Å²) in [6.07, 6.45) is 3.40. The second-order valence-electron chi connectivity index (χ2n) is 6.99. The van der Waals surface area contributed by atoms with Crippen LogP contribution in [0, 0.1) is 0 Å². The van der Waals surface area contributed by atoms with Gasteiger partial charge in [-0.2, -0.15) is 13.9 Å². The number of rotatable bonds is 7. The van der Waals surface area contributed by atoms with E-state index in [1.165, 1.54) is 18.9 Å². The van der Waals surface area contributed by atoms with Gasteiger partial charge in [0.05, 0.1) is 17.4 Å². The molecule has 4 rings (SSSR count). The lowest BCUT2D eigenvalue weighted by Crippen LogP contribution is -2.71. The van der Waals surface area contributed by atoms with Crippen molar-refractivity contribution in [3.05, 3.63) is 41.6 Å². The summed E-state index contributed by atoms with van der Waals surface area (Å²) in [4.78, 5) is 47.2. The number of nitrogens with two attached hydrogens (primary N) is 2. The monoisotopic (exact) mass is 490 g/mol. The van der Waals surface area contributed by atoms with E-state index in [2.05, 4.69) is 24.7 Å². The lowest BCUT2D eigenvalue weighted by molar-refractivity contribution is -0.688. The minimum atomic E-state index is -1.47. The quantitative estimate of drug-likeness (QED) is 0.161. The van der Waals surface area contributed by atoms with Crippen LogP contribution >= 0.6 is 23.3 Å². The summed E-state index contributed by atoms with van der Waals surface area (Å²) < 4.78 is 5.65. The third kappa shape index (κ3) is 4.31. The molecule has 2 atom stereocenters. The number of fused-ring (bicyclic) bond motifs is 1. The van der Waals surface area contributed by atoms with Crippen LogP contribution in [0.3, 0.4) is 0 Å². The summed E-state index contributed by atoms with van der Waals surface area (Å²) in [7, 11) is 1.24. The van der Waals surface area contributed by atoms with E-state index in [0.717, 1.165) is 16.4 Å². The first-order chi connectivity index (χ1) is 15.8. The molecule has 0 aliphatic carbocycles. The molecule has 1 fully saturated rings. The van der Waals surface area contributed by atoms with Gasteiger partial charge >= 0.3 is 0 Å². The first-order valence-electron chi connectivity index (χ1n) is 9.44. The molecule has 2 aliphatic heterocycles. The van der Waals surface area contributed by atoms with Gasteiger partial charge in [0.2, 0.25) is 11.5 Å². The molecule has 4 heterocycles. The highest BCUT2D eigenvalue weighted by Crippen LogP contribution is 2.40. The number of thioether (sulfide) groups is 1. The highest BCUT2D eigenvalue weighted by Gasteiger charge is 2.53. The van der Waals surface area contributed by atoms with E-state index in [1.54, 1.807) is 29.1 Å². The van der Waals surface area contributed by atoms with Crippen LogP contribution in [0.4, 0.5) is 10.8 Å². The number of carbonyl (C=O) groups excluding carboxylic acids is 3. The summed E-state index contributed by atoms with van der Waals surface area (Å²) in [6.45, 7) is 0.219. The number of nitrogens with zero attached hydrogens (tertiary/aromatic N) is 5. The lowest BCUT2D eigenvalue weighted by Gasteiger charge is -2.50. The highest BCUT2D eigenvalue weighted by molar-refractivity contribution is 8.00. The Kier molecular flexibility index (Phi) is 6.15. The summed E-state index contributed by atoms with van der Waals surface area (Å²) in [5, 5.41) is 17.6. The van der Waals surface area contributed by atoms with Crippen molar-refractivity contribution in [3.8, 4) is 0 Å². The Labute approximate surface area is 195 Å². The van der Waals surface area contributed by atoms with Gasteiger partial charge in [-0.25, -0.2) is 0 Å². The zero-order chi connectivity index (χ0) is 23.7. The molecule has 0 aromatic carbocycles. The van der Waals surface area contributed by atoms with Crippen LogP contribution < -0.4 is 26.5 Å². The number of nitrogens with one attached hydrogen (secondary N) is 1. The molecule has 13 nitrogen and oxygen atoms in total. The molecule has 0 saturated carbocycles. The van der Waals surface area contributed by atoms with Crippen molar-refractivity contribution in [2.45, 2.75) is 18.0 Å². The second-order valence-corrected chi connectivity index (χ2v) is 8.88. The van der Waals surface area contributed by atoms with Gasteiger partial charge in [-0.15, -0.1) is 11.8 Å². The van der Waals surface area contributed by atoms with Gasteiger partial charge in [-0.05, 0) is 6.07 Å². The number of pyridine rings is 1. The van der Waals surface area contributed by atoms with Crippen LogP contribution in [-0.4, -0.2) is 62.0 Å². The smallest absolute Gasteiger partial charge is 0.278 e. The fraction of sp³-hybridized carbons (Fsp3) is 0.278. The van der Waals surface area contributed by atoms with Crippen LogP contribution in [0.5, 0.6) is 0 Å². The van der Waals surface area contributed by atoms with E-state index >= 15 is 0 Å². The number of nitrogen functional groups attached to an aromatic ring is 2. The molecule has 0 bridgehead atoms. The number of carbonyl (C=O) groups is 3. The molecule has 2 aliphatic rings. The second kappa shape index (κ2) is 9.03. The van der Waals surface area contributed by atoms with Crippen molar-refractivity contribution in [2.24, 2.45) is 5.16 Å². The highest BCUT2D eigenvalue weighted by atomic mass is 32.2. The zero-order valence-corrected chi connectivity index (χ0v) is 18.8. The summed E-state index contributed by atoms with van der Waals surface area (Å²) in [5.74, 6) is -2.55. The number of β-lactam (4-membered cyclic amide) rings is 1. The number of carboxylic acids is 1. The maximum absolute atomic E-state index is 12.8. The van der Waals surface area contributed by atoms with Crippen LogP contribution in [0.2, 0.25) is 0 Å². The molecule has 15 heteroatoms. The molecule has 172 valence electrons. The van der Waals surface area contributed by atoms with Crippen LogP contribution in [0.15, 0.2) is 41.0 Å². The van der Waals surface area contributed by atoms with E-state index in [9.17, 15) is 19.5 Å². The SMILES string of the molecule is CON=C(C(=O)NC1C(=O)N2C(C(=O)[O-])=C(C[n+]3cccc(N)c3)CS[C@@H]12)c1nsc(N)n1. The number of amides is 2. The van der Waals surface area contributed by atoms with Crippen molar-refractivity contribution in [3.63, 3.8) is 0 Å². The van der Waals surface area contributed by atoms with Crippen molar-refractivity contribution in [1.82, 2.24) is 19.6 Å². The molecular formula is C18H18N8O5S2. The summed E-state index contributed by atoms with van der Waals surface area (Å²) in [6, 6.07) is 2.47. The lowest BCUT2D eigenvalue weighted by atomic mass is 10.0. The molecule has 33 heavy (non-hydrogen) atoms. The summed E-state index contributed by atoms with van der Waals surface area (Å²) >= 11 is 2.19. The van der Waals surface area contributed by atoms with Crippen LogP contribution in [0.1, 0.15) is 5.82 Å². The van der Waals surface area contributed by atoms with Crippen molar-refractivity contribution in [1.29, 1.82) is 0 Å². The number of aliphatic carboxylic acids is 1. The number of anilines is 2. The van der Waals surface area contributed by atoms with E-state index < -0.39 is 29.2 Å². The number of oxime groups is 1. The van der Waals surface area contributed by atoms with Gasteiger partial charge < -0.3 is 31.5 Å². The Morgan fingerprint density at radius 3 is 2.88 bits per heavy atom. The number of aromatic nitrogens is 3. The maximum atomic E-state index is 12.8. The fourth-order valence-electron chi connectivity index (χ4n) is 3.47. The van der Waals surface area contributed by atoms with Gasteiger partial charge in [-0.3, -0.25) is 14.5 Å². The Balaban J connectivity index is 1.54. The summed E-state index contributed by atoms with van der Waals surface area (Å²) in [5.41, 5.74) is 11.9. The van der Waals surface area contributed by atoms with E-state index in [-0.39, 0.29) is 28.9 Å². The minimum absolute atomic E-state index is 0.0476. The topological polar surface area (TPSA) is 193 Å². The van der Waals surface area contributed by atoms with Crippen molar-refractivity contribution < 1.29 is 28.9 Å². The van der Waals surface area contributed by atoms with E-state index in [0.29, 0.717) is 17.0 Å². The maximum Gasteiger partial charge on any atom is 0.278 e. The molecule has 2 amide bonds. The van der Waals surface area contributed by atoms with Gasteiger partial charge in [-0.1, -0.05) is 5.16 Å². The van der Waals surface area contributed by atoms with E-state index in [1.807, 2.05) is 0 Å². The number of hydrogen-bond acceptors (Lipinski definition) is 12. The minimum Gasteiger partial charge on any atom is -0.543 e. The van der Waals surface area contributed by atoms with Gasteiger partial charge in [0.1, 0.15) is 18.5 Å². The van der Waals surface area contributed by atoms with Crippen molar-refractivity contribution in [2.75, 3.05) is 24.3 Å². The van der Waals surface area contributed by atoms with Crippen LogP contribution in [0.25, 0.3) is 0 Å². The van der Waals surface area contributed by atoms with Gasteiger partial charge in [0.15, 0.2) is 24.1 Å². The predicted octanol–water partition coefficient (Wildman–Crippen LogP) is -2.56. The third-order valence-electron chi connectivity index (χ3n) is 4.83. The molecule has 1 saturated heterocycles. The largest absolute Gasteiger partial charge is 0.543 e. The normalized spacial score (nSPS) is 20.2. The van der Waals surface area contributed by atoms with Gasteiger partial charge in [0.25, 0.3) is 11.8 Å². The Morgan fingerprint density at radius 2 is 2.24 bits per heavy atom. The third-order valence-corrected chi connectivity index (χ3v) is 6.72. The van der Waals surface area contributed by atoms with Gasteiger partial charge in [0, 0.05) is 28.9 Å². The molecule has 1 unspecified atom stereocenters. The molecular weight excluding hydrogens is 472 g/mol. The zero-order valence-electron chi connectivity index (χ0n) is 17.1. The number of hydrogen-bond donors (Lipinski definition) is 3. The first kappa shape index (κ1) is 22.5. The Bertz CT molecular complexity index is 1200. The number of carboxylic acid groups (broad SMARTS) is 1. The van der Waals surface area contributed by atoms with Crippen LogP contribution in [-0.2, 0) is 25.8 Å². The standard InChI is InChI=1S/C18H18N8O5S2/c1-31-23-10(13-22-18(20)33-24-13)14(27)21-11-15(28)26-12(17(29)30)8(7-32-16(11)26)5-25-4-2-3-9(19)6-25/h2-4,6,11,16H,5,7,19H2,1H3,(H3-,20,21,22,24,27,29,30)/t11?,16-/m0/s1. The van der Waals surface area contributed by atoms with E-state index in [4.69, 9.17) is 11.5 Å².